The van der Waals surface area contributed by atoms with Gasteiger partial charge in [0.1, 0.15) is 0 Å². The number of hydrogen-bond donors (Lipinski definition) is 0. The third kappa shape index (κ3) is 4.58. The van der Waals surface area contributed by atoms with E-state index in [9.17, 15) is 0 Å². The molecule has 2 fully saturated rings. The van der Waals surface area contributed by atoms with Crippen molar-refractivity contribution in [2.24, 2.45) is 41.4 Å². The van der Waals surface area contributed by atoms with Gasteiger partial charge >= 0.3 is 0 Å². The summed E-state index contributed by atoms with van der Waals surface area (Å²) in [6.07, 6.45) is 31.5. The summed E-state index contributed by atoms with van der Waals surface area (Å²) in [5.74, 6) is 6.74. The van der Waals surface area contributed by atoms with Crippen LogP contribution in [-0.2, 0) is 0 Å². The molecule has 4 bridgehead atoms. The van der Waals surface area contributed by atoms with E-state index in [0.29, 0.717) is 0 Å². The second kappa shape index (κ2) is 9.40. The summed E-state index contributed by atoms with van der Waals surface area (Å²) in [4.78, 5) is 0. The van der Waals surface area contributed by atoms with Crippen molar-refractivity contribution in [1.82, 2.24) is 0 Å². The van der Waals surface area contributed by atoms with E-state index in [1.807, 2.05) is 6.92 Å². The van der Waals surface area contributed by atoms with Crippen LogP contribution in [0.4, 0.5) is 0 Å². The van der Waals surface area contributed by atoms with Crippen LogP contribution in [-0.4, -0.2) is 0 Å². The molecule has 0 aromatic heterocycles. The van der Waals surface area contributed by atoms with E-state index in [1.54, 1.807) is 6.08 Å². The maximum Gasteiger partial charge on any atom is 0 e. The molecule has 0 N–H and O–H groups in total. The van der Waals surface area contributed by atoms with E-state index in [1.165, 1.54) is 25.7 Å². The first-order valence-corrected chi connectivity index (χ1v) is 10.6. The van der Waals surface area contributed by atoms with E-state index in [0.717, 1.165) is 47.8 Å². The molecule has 0 amide bonds. The van der Waals surface area contributed by atoms with Gasteiger partial charge in [-0.2, -0.15) is 0 Å². The minimum absolute atomic E-state index is 0. The molecule has 7 unspecified atom stereocenters. The number of rotatable bonds is 0. The van der Waals surface area contributed by atoms with Gasteiger partial charge in [0.05, 0.1) is 0 Å². The zero-order valence-electron chi connectivity index (χ0n) is 16.6. The molecule has 0 aromatic rings. The summed E-state index contributed by atoms with van der Waals surface area (Å²) in [6.45, 7) is 7.62. The Balaban J connectivity index is 0.000000139. The van der Waals surface area contributed by atoms with Crippen LogP contribution in [0.2, 0.25) is 0 Å². The van der Waals surface area contributed by atoms with E-state index in [2.05, 4.69) is 74.3 Å². The predicted octanol–water partition coefficient (Wildman–Crippen LogP) is 7.54. The maximum absolute atomic E-state index is 3.36. The van der Waals surface area contributed by atoms with Gasteiger partial charge in [0.2, 0.25) is 0 Å². The van der Waals surface area contributed by atoms with Gasteiger partial charge in [-0.25, -0.2) is 0 Å². The van der Waals surface area contributed by atoms with Crippen molar-refractivity contribution in [1.29, 1.82) is 0 Å². The fourth-order valence-electron chi connectivity index (χ4n) is 5.42. The number of fused-ring (bicyclic) bond motifs is 7. The van der Waals surface area contributed by atoms with Crippen molar-refractivity contribution in [3.63, 3.8) is 0 Å². The molecule has 0 heteroatoms. The molecule has 6 aliphatic carbocycles. The van der Waals surface area contributed by atoms with Gasteiger partial charge in [-0.1, -0.05) is 73.8 Å². The molecule has 0 radical (unpaired) electrons. The Labute approximate surface area is 162 Å². The Bertz CT molecular complexity index is 596. The molecule has 2 saturated carbocycles. The van der Waals surface area contributed by atoms with E-state index >= 15 is 0 Å². The summed E-state index contributed by atoms with van der Waals surface area (Å²) in [7, 11) is 0. The average Bonchev–Trinajstić information content (AvgIpc) is 3.49. The molecular formula is C26H38. The summed E-state index contributed by atoms with van der Waals surface area (Å²) < 4.78 is 0. The van der Waals surface area contributed by atoms with Crippen molar-refractivity contribution in [2.75, 3.05) is 0 Å². The van der Waals surface area contributed by atoms with Gasteiger partial charge in [-0.3, -0.25) is 0 Å². The molecule has 0 aromatic carbocycles. The molecular weight excluding hydrogens is 312 g/mol. The number of hydrogen-bond acceptors (Lipinski definition) is 0. The van der Waals surface area contributed by atoms with Crippen LogP contribution >= 0.6 is 0 Å². The molecule has 0 heterocycles. The molecule has 6 rings (SSSR count). The lowest BCUT2D eigenvalue weighted by molar-refractivity contribution is 0.398. The van der Waals surface area contributed by atoms with Gasteiger partial charge in [0.15, 0.2) is 0 Å². The van der Waals surface area contributed by atoms with Gasteiger partial charge in [-0.15, -0.1) is 6.58 Å². The van der Waals surface area contributed by atoms with Gasteiger partial charge in [-0.05, 0) is 80.5 Å². The Hall–Kier alpha value is -1.56. The Kier molecular flexibility index (Phi) is 6.94. The molecule has 0 nitrogen and oxygen atoms in total. The van der Waals surface area contributed by atoms with Crippen molar-refractivity contribution in [3.05, 3.63) is 73.4 Å². The van der Waals surface area contributed by atoms with Crippen LogP contribution in [0.15, 0.2) is 73.4 Å². The highest BCUT2D eigenvalue weighted by Gasteiger charge is 2.44. The normalized spacial score (nSPS) is 40.5. The molecule has 0 saturated heterocycles. The molecule has 26 heavy (non-hydrogen) atoms. The van der Waals surface area contributed by atoms with E-state index < -0.39 is 0 Å². The third-order valence-electron chi connectivity index (χ3n) is 6.72. The summed E-state index contributed by atoms with van der Waals surface area (Å²) in [5, 5.41) is 0. The first kappa shape index (κ1) is 19.2. The lowest BCUT2D eigenvalue weighted by Crippen LogP contribution is -2.12. The highest BCUT2D eigenvalue weighted by Crippen LogP contribution is 2.52. The van der Waals surface area contributed by atoms with Crippen LogP contribution in [0, 0.1) is 41.4 Å². The van der Waals surface area contributed by atoms with E-state index in [4.69, 9.17) is 0 Å². The molecule has 0 aliphatic heterocycles. The quantitative estimate of drug-likeness (QED) is 0.395. The lowest BCUT2D eigenvalue weighted by Gasteiger charge is -2.18. The minimum Gasteiger partial charge on any atom is -0.103 e. The van der Waals surface area contributed by atoms with Gasteiger partial charge in [0.25, 0.3) is 0 Å². The molecule has 7 atom stereocenters. The van der Waals surface area contributed by atoms with Crippen molar-refractivity contribution in [3.8, 4) is 0 Å². The maximum atomic E-state index is 3.36. The topological polar surface area (TPSA) is 0 Å². The first-order valence-electron chi connectivity index (χ1n) is 10.6. The monoisotopic (exact) mass is 351 g/mol. The fraction of sp³-hybridized carbons (Fsp3) is 0.538. The van der Waals surface area contributed by atoms with Crippen LogP contribution in [0.1, 0.15) is 47.4 Å². The number of allylic oxidation sites excluding steroid dienone is 11. The summed E-state index contributed by atoms with van der Waals surface area (Å²) in [6, 6.07) is 0. The third-order valence-corrected chi connectivity index (χ3v) is 6.72. The second-order valence-electron chi connectivity index (χ2n) is 8.61. The van der Waals surface area contributed by atoms with Gasteiger partial charge in [0, 0.05) is 1.43 Å². The lowest BCUT2D eigenvalue weighted by atomic mass is 9.86. The first-order chi connectivity index (χ1) is 12.7. The average molecular weight is 352 g/mol. The van der Waals surface area contributed by atoms with Crippen molar-refractivity contribution < 1.29 is 1.43 Å². The smallest absolute Gasteiger partial charge is 0 e. The fourth-order valence-corrected chi connectivity index (χ4v) is 5.42. The van der Waals surface area contributed by atoms with Crippen LogP contribution < -0.4 is 0 Å². The van der Waals surface area contributed by atoms with Gasteiger partial charge < -0.3 is 0 Å². The zero-order valence-corrected chi connectivity index (χ0v) is 16.6. The Morgan fingerprint density at radius 2 is 1.54 bits per heavy atom. The van der Waals surface area contributed by atoms with E-state index in [-0.39, 0.29) is 1.43 Å². The highest BCUT2D eigenvalue weighted by atomic mass is 14.5. The predicted molar refractivity (Wildman–Crippen MR) is 117 cm³/mol. The largest absolute Gasteiger partial charge is 0.103 e. The Morgan fingerprint density at radius 3 is 2.00 bits per heavy atom. The highest BCUT2D eigenvalue weighted by molar-refractivity contribution is 5.21. The van der Waals surface area contributed by atoms with Crippen LogP contribution in [0.25, 0.3) is 0 Å². The van der Waals surface area contributed by atoms with Crippen molar-refractivity contribution in [2.45, 2.75) is 46.0 Å². The van der Waals surface area contributed by atoms with Crippen molar-refractivity contribution >= 4 is 0 Å². The Morgan fingerprint density at radius 1 is 0.846 bits per heavy atom. The standard InChI is InChI=1S/C10H12.C8H12.C5H6.C3H6.H2/c1-2-9-7-4-5-8(6-7)10(9)3-1;1-6-4-7-2-3-8(6)5-7;1-2-4-5-3-1;1-3-2;/h1-2,4-5,7-10H,3,6H2;2-3,6-8H,4-5H2,1H3;1-4H,5H2;3H,1H2,2H3;1H/i;;;;1+1. The summed E-state index contributed by atoms with van der Waals surface area (Å²) >= 11 is 0. The second-order valence-corrected chi connectivity index (χ2v) is 8.61. The SMILES string of the molecule is C1=CC2C3C=CC(C3)C2C1.C1=CCC=C1.C=CC.CC1CC2C=CC1C2.[2HH]. The molecule has 0 spiro atoms. The zero-order chi connectivity index (χ0) is 18.4. The van der Waals surface area contributed by atoms with Crippen LogP contribution in [0.3, 0.4) is 0 Å². The molecule has 142 valence electrons. The van der Waals surface area contributed by atoms with Crippen LogP contribution in [0.5, 0.6) is 0 Å². The summed E-state index contributed by atoms with van der Waals surface area (Å²) in [5.41, 5.74) is 0. The molecule has 6 aliphatic rings. The minimum atomic E-state index is 0.